The van der Waals surface area contributed by atoms with Crippen molar-refractivity contribution < 1.29 is 22.7 Å². The number of ether oxygens (including phenoxy) is 1. The van der Waals surface area contributed by atoms with Crippen LogP contribution in [0.25, 0.3) is 16.7 Å². The van der Waals surface area contributed by atoms with Crippen LogP contribution in [-0.2, 0) is 10.9 Å². The van der Waals surface area contributed by atoms with Gasteiger partial charge in [0.1, 0.15) is 17.7 Å². The van der Waals surface area contributed by atoms with Crippen molar-refractivity contribution in [3.63, 3.8) is 0 Å². The first-order chi connectivity index (χ1) is 15.8. The fraction of sp³-hybridized carbons (Fsp3) is 0.435. The van der Waals surface area contributed by atoms with E-state index in [9.17, 15) is 18.0 Å². The van der Waals surface area contributed by atoms with Crippen molar-refractivity contribution in [1.82, 2.24) is 19.4 Å². The summed E-state index contributed by atoms with van der Waals surface area (Å²) in [6, 6.07) is 6.25. The van der Waals surface area contributed by atoms with Crippen molar-refractivity contribution in [3.05, 3.63) is 47.4 Å². The predicted molar refractivity (Wildman–Crippen MR) is 123 cm³/mol. The van der Waals surface area contributed by atoms with Crippen LogP contribution >= 0.6 is 11.6 Å². The Labute approximate surface area is 200 Å². The fourth-order valence-corrected chi connectivity index (χ4v) is 4.25. The summed E-state index contributed by atoms with van der Waals surface area (Å²) in [6.07, 6.45) is -2.79. The standard InChI is InChI=1S/C23H25ClF3N5O2/c1-14-11-30(21(33)34-22(2,3)4)8-9-31(14)19-18-17(23(25,26)27)12-32(20(18)29-13-28-19)16-7-5-6-15(24)10-16/h5-7,10,12-14H,8-9,11H2,1-4H3. The zero-order valence-electron chi connectivity index (χ0n) is 19.2. The third kappa shape index (κ3) is 4.77. The van der Waals surface area contributed by atoms with Crippen LogP contribution in [0, 0.1) is 0 Å². The normalized spacial score (nSPS) is 17.4. The molecule has 7 nitrogen and oxygen atoms in total. The second kappa shape index (κ2) is 8.65. The highest BCUT2D eigenvalue weighted by atomic mass is 35.5. The quantitative estimate of drug-likeness (QED) is 0.467. The molecule has 1 atom stereocenters. The average Bonchev–Trinajstić information content (AvgIpc) is 3.13. The summed E-state index contributed by atoms with van der Waals surface area (Å²) in [5.74, 6) is 0.175. The molecule has 0 radical (unpaired) electrons. The number of aromatic nitrogens is 3. The minimum absolute atomic E-state index is 0.0902. The Morgan fingerprint density at radius 2 is 1.91 bits per heavy atom. The number of anilines is 1. The molecule has 0 bridgehead atoms. The Bertz CT molecular complexity index is 1220. The zero-order valence-corrected chi connectivity index (χ0v) is 20.0. The average molecular weight is 496 g/mol. The van der Waals surface area contributed by atoms with E-state index < -0.39 is 23.4 Å². The number of benzene rings is 1. The molecule has 1 fully saturated rings. The lowest BCUT2D eigenvalue weighted by atomic mass is 10.1. The van der Waals surface area contributed by atoms with Gasteiger partial charge in [-0.15, -0.1) is 0 Å². The monoisotopic (exact) mass is 495 g/mol. The van der Waals surface area contributed by atoms with E-state index in [1.165, 1.54) is 10.9 Å². The van der Waals surface area contributed by atoms with Crippen molar-refractivity contribution in [2.24, 2.45) is 0 Å². The lowest BCUT2D eigenvalue weighted by Gasteiger charge is -2.41. The van der Waals surface area contributed by atoms with Crippen LogP contribution in [-0.4, -0.2) is 56.8 Å². The van der Waals surface area contributed by atoms with Crippen LogP contribution in [0.15, 0.2) is 36.8 Å². The maximum atomic E-state index is 14.1. The smallest absolute Gasteiger partial charge is 0.418 e. The molecular formula is C23H25ClF3N5O2. The largest absolute Gasteiger partial charge is 0.444 e. The molecule has 0 N–H and O–H groups in total. The van der Waals surface area contributed by atoms with Gasteiger partial charge in [0.2, 0.25) is 0 Å². The van der Waals surface area contributed by atoms with E-state index in [0.717, 1.165) is 6.20 Å². The van der Waals surface area contributed by atoms with Gasteiger partial charge in [0.15, 0.2) is 5.65 Å². The summed E-state index contributed by atoms with van der Waals surface area (Å²) in [4.78, 5) is 24.3. The van der Waals surface area contributed by atoms with Crippen LogP contribution < -0.4 is 4.90 Å². The number of hydrogen-bond acceptors (Lipinski definition) is 5. The summed E-state index contributed by atoms with van der Waals surface area (Å²) >= 11 is 6.08. The number of alkyl halides is 3. The van der Waals surface area contributed by atoms with E-state index in [4.69, 9.17) is 16.3 Å². The fourth-order valence-electron chi connectivity index (χ4n) is 4.07. The third-order valence-electron chi connectivity index (χ3n) is 5.51. The molecule has 3 heterocycles. The van der Waals surface area contributed by atoms with Gasteiger partial charge >= 0.3 is 12.3 Å². The summed E-state index contributed by atoms with van der Waals surface area (Å²) in [7, 11) is 0. The second-order valence-corrected chi connectivity index (χ2v) is 9.69. The van der Waals surface area contributed by atoms with E-state index in [2.05, 4.69) is 9.97 Å². The molecule has 34 heavy (non-hydrogen) atoms. The highest BCUT2D eigenvalue weighted by Gasteiger charge is 2.39. The highest BCUT2D eigenvalue weighted by Crippen LogP contribution is 2.41. The van der Waals surface area contributed by atoms with Crippen molar-refractivity contribution in [2.45, 2.75) is 45.5 Å². The molecule has 0 aliphatic carbocycles. The molecule has 1 aromatic carbocycles. The molecule has 2 aromatic heterocycles. The molecule has 1 amide bonds. The van der Waals surface area contributed by atoms with E-state index in [1.807, 2.05) is 6.92 Å². The molecule has 1 unspecified atom stereocenters. The molecule has 4 rings (SSSR count). The van der Waals surface area contributed by atoms with E-state index in [0.29, 0.717) is 23.8 Å². The van der Waals surface area contributed by atoms with Gasteiger partial charge in [-0.05, 0) is 45.9 Å². The van der Waals surface area contributed by atoms with Crippen LogP contribution in [0.2, 0.25) is 5.02 Å². The number of halogens is 4. The maximum absolute atomic E-state index is 14.1. The van der Waals surface area contributed by atoms with E-state index >= 15 is 0 Å². The van der Waals surface area contributed by atoms with Gasteiger partial charge in [0.05, 0.1) is 10.9 Å². The van der Waals surface area contributed by atoms with Crippen LogP contribution in [0.4, 0.5) is 23.8 Å². The number of hydrogen-bond donors (Lipinski definition) is 0. The molecule has 1 aliphatic rings. The number of amides is 1. The first-order valence-corrected chi connectivity index (χ1v) is 11.2. The Hall–Kier alpha value is -3.01. The first-order valence-electron chi connectivity index (χ1n) is 10.8. The number of rotatable bonds is 2. The maximum Gasteiger partial charge on any atom is 0.418 e. The molecule has 11 heteroatoms. The second-order valence-electron chi connectivity index (χ2n) is 9.26. The molecule has 0 saturated carbocycles. The summed E-state index contributed by atoms with van der Waals surface area (Å²) in [5, 5.41) is 0.307. The SMILES string of the molecule is CC1CN(C(=O)OC(C)(C)C)CCN1c1ncnc2c1c(C(F)(F)F)cn2-c1cccc(Cl)c1. The van der Waals surface area contributed by atoms with Crippen molar-refractivity contribution >= 4 is 34.5 Å². The third-order valence-corrected chi connectivity index (χ3v) is 5.74. The Kier molecular flexibility index (Phi) is 6.14. The Morgan fingerprint density at radius 1 is 1.18 bits per heavy atom. The van der Waals surface area contributed by atoms with Gasteiger partial charge in [-0.2, -0.15) is 13.2 Å². The van der Waals surface area contributed by atoms with Gasteiger partial charge in [-0.1, -0.05) is 17.7 Å². The lowest BCUT2D eigenvalue weighted by Crippen LogP contribution is -2.55. The number of piperazine rings is 1. The van der Waals surface area contributed by atoms with Crippen LogP contribution in [0.3, 0.4) is 0 Å². The van der Waals surface area contributed by atoms with E-state index in [1.54, 1.807) is 54.8 Å². The zero-order chi connectivity index (χ0) is 24.8. The lowest BCUT2D eigenvalue weighted by molar-refractivity contribution is -0.136. The van der Waals surface area contributed by atoms with Crippen molar-refractivity contribution in [1.29, 1.82) is 0 Å². The molecule has 1 aliphatic heterocycles. The van der Waals surface area contributed by atoms with Crippen LogP contribution in [0.5, 0.6) is 0 Å². The Balaban J connectivity index is 1.75. The molecular weight excluding hydrogens is 471 g/mol. The summed E-state index contributed by atoms with van der Waals surface area (Å²) in [5.41, 5.74) is -0.886. The van der Waals surface area contributed by atoms with Gasteiger partial charge in [0, 0.05) is 42.6 Å². The molecule has 0 spiro atoms. The predicted octanol–water partition coefficient (Wildman–Crippen LogP) is 5.54. The molecule has 3 aromatic rings. The van der Waals surface area contributed by atoms with E-state index in [-0.39, 0.29) is 29.4 Å². The number of nitrogens with zero attached hydrogens (tertiary/aromatic N) is 5. The van der Waals surface area contributed by atoms with Gasteiger partial charge in [-0.25, -0.2) is 14.8 Å². The van der Waals surface area contributed by atoms with Gasteiger partial charge in [-0.3, -0.25) is 0 Å². The number of fused-ring (bicyclic) bond motifs is 1. The molecule has 1 saturated heterocycles. The highest BCUT2D eigenvalue weighted by molar-refractivity contribution is 6.30. The van der Waals surface area contributed by atoms with Crippen LogP contribution in [0.1, 0.15) is 33.3 Å². The topological polar surface area (TPSA) is 63.5 Å². The van der Waals surface area contributed by atoms with Crippen molar-refractivity contribution in [2.75, 3.05) is 24.5 Å². The van der Waals surface area contributed by atoms with Gasteiger partial charge < -0.3 is 19.1 Å². The minimum Gasteiger partial charge on any atom is -0.444 e. The summed E-state index contributed by atoms with van der Waals surface area (Å²) in [6.45, 7) is 8.07. The van der Waals surface area contributed by atoms with Gasteiger partial charge in [0.25, 0.3) is 0 Å². The number of carbonyl (C=O) groups is 1. The summed E-state index contributed by atoms with van der Waals surface area (Å²) < 4.78 is 49.2. The number of carbonyl (C=O) groups excluding carboxylic acids is 1. The molecule has 182 valence electrons. The Morgan fingerprint density at radius 3 is 2.53 bits per heavy atom. The van der Waals surface area contributed by atoms with Crippen molar-refractivity contribution in [3.8, 4) is 5.69 Å². The minimum atomic E-state index is -4.62. The first kappa shape index (κ1) is 24.1.